The lowest BCUT2D eigenvalue weighted by molar-refractivity contribution is 0.0512. The molecule has 0 radical (unpaired) electrons. The predicted octanol–water partition coefficient (Wildman–Crippen LogP) is 3.95. The third-order valence-corrected chi connectivity index (χ3v) is 4.06. The fourth-order valence-corrected chi connectivity index (χ4v) is 2.87. The number of aromatic nitrogens is 1. The van der Waals surface area contributed by atoms with Crippen molar-refractivity contribution in [1.82, 2.24) is 4.57 Å². The lowest BCUT2D eigenvalue weighted by Crippen LogP contribution is -2.19. The summed E-state index contributed by atoms with van der Waals surface area (Å²) in [5, 5.41) is 0.942. The summed E-state index contributed by atoms with van der Waals surface area (Å²) in [5.74, 6) is -0.366. The number of benzene rings is 1. The molecule has 2 aromatic rings. The van der Waals surface area contributed by atoms with Gasteiger partial charge < -0.3 is 4.74 Å². The van der Waals surface area contributed by atoms with Crippen LogP contribution in [-0.2, 0) is 10.4 Å². The van der Waals surface area contributed by atoms with Crippen molar-refractivity contribution in [2.45, 2.75) is 25.4 Å². The van der Waals surface area contributed by atoms with E-state index in [1.54, 1.807) is 6.92 Å². The molecule has 0 saturated heterocycles. The Morgan fingerprint density at radius 2 is 2.25 bits per heavy atom. The number of hydrogen-bond donors (Lipinski definition) is 0. The molecular formula is C15H13BrN2O2. The maximum atomic E-state index is 12.2. The van der Waals surface area contributed by atoms with Crippen molar-refractivity contribution < 1.29 is 9.53 Å². The van der Waals surface area contributed by atoms with Crippen LogP contribution >= 0.6 is 15.9 Å². The number of fused-ring (bicyclic) bond motifs is 1. The van der Waals surface area contributed by atoms with Crippen LogP contribution in [0.1, 0.15) is 30.3 Å². The van der Waals surface area contributed by atoms with Crippen molar-refractivity contribution >= 4 is 32.8 Å². The second-order valence-electron chi connectivity index (χ2n) is 4.88. The molecule has 20 heavy (non-hydrogen) atoms. The highest BCUT2D eigenvalue weighted by atomic mass is 79.9. The SMILES string of the molecule is [C-]#[N+]C1(n2c(C(=O)OCC)cc3cc(Br)ccc32)CC1. The smallest absolute Gasteiger partial charge is 0.355 e. The predicted molar refractivity (Wildman–Crippen MR) is 79.4 cm³/mol. The Kier molecular flexibility index (Phi) is 3.06. The Morgan fingerprint density at radius 3 is 2.85 bits per heavy atom. The minimum Gasteiger partial charge on any atom is -0.461 e. The maximum Gasteiger partial charge on any atom is 0.355 e. The molecule has 102 valence electrons. The minimum absolute atomic E-state index is 0.328. The van der Waals surface area contributed by atoms with Crippen molar-refractivity contribution in [3.8, 4) is 0 Å². The van der Waals surface area contributed by atoms with Gasteiger partial charge in [-0.1, -0.05) is 15.9 Å². The van der Waals surface area contributed by atoms with Gasteiger partial charge in [-0.15, -0.1) is 0 Å². The van der Waals surface area contributed by atoms with Crippen molar-refractivity contribution in [1.29, 1.82) is 0 Å². The van der Waals surface area contributed by atoms with E-state index in [-0.39, 0.29) is 5.97 Å². The van der Waals surface area contributed by atoms with E-state index in [2.05, 4.69) is 20.8 Å². The topological polar surface area (TPSA) is 35.6 Å². The Bertz CT molecular complexity index is 738. The number of carbonyl (C=O) groups excluding carboxylic acids is 1. The van der Waals surface area contributed by atoms with E-state index in [1.807, 2.05) is 28.8 Å². The van der Waals surface area contributed by atoms with Crippen LogP contribution in [0, 0.1) is 6.57 Å². The molecule has 1 aliphatic rings. The molecular weight excluding hydrogens is 320 g/mol. The van der Waals surface area contributed by atoms with Crippen molar-refractivity contribution in [2.24, 2.45) is 0 Å². The van der Waals surface area contributed by atoms with Crippen LogP contribution < -0.4 is 0 Å². The van der Waals surface area contributed by atoms with Gasteiger partial charge in [0.25, 0.3) is 0 Å². The third kappa shape index (κ3) is 1.92. The number of carbonyl (C=O) groups is 1. The zero-order chi connectivity index (χ0) is 14.3. The third-order valence-electron chi connectivity index (χ3n) is 3.57. The Balaban J connectivity index is 2.25. The first-order chi connectivity index (χ1) is 9.61. The van der Waals surface area contributed by atoms with Gasteiger partial charge >= 0.3 is 11.6 Å². The van der Waals surface area contributed by atoms with Gasteiger partial charge in [-0.05, 0) is 31.2 Å². The fourth-order valence-electron chi connectivity index (χ4n) is 2.49. The highest BCUT2D eigenvalue weighted by molar-refractivity contribution is 9.10. The molecule has 0 aliphatic heterocycles. The van der Waals surface area contributed by atoms with Crippen LogP contribution in [0.2, 0.25) is 0 Å². The van der Waals surface area contributed by atoms with Gasteiger partial charge in [-0.3, -0.25) is 9.41 Å². The molecule has 4 nitrogen and oxygen atoms in total. The molecule has 3 rings (SSSR count). The zero-order valence-corrected chi connectivity index (χ0v) is 12.6. The van der Waals surface area contributed by atoms with Gasteiger partial charge in [0.05, 0.1) is 25.0 Å². The van der Waals surface area contributed by atoms with Crippen molar-refractivity contribution in [2.75, 3.05) is 6.61 Å². The van der Waals surface area contributed by atoms with E-state index in [0.29, 0.717) is 12.3 Å². The molecule has 0 atom stereocenters. The summed E-state index contributed by atoms with van der Waals surface area (Å²) in [4.78, 5) is 15.9. The van der Waals surface area contributed by atoms with Gasteiger partial charge in [0, 0.05) is 9.86 Å². The zero-order valence-electron chi connectivity index (χ0n) is 11.0. The standard InChI is InChI=1S/C15H13BrN2O2/c1-3-20-14(19)13-9-10-8-11(16)4-5-12(10)18(13)15(17-2)6-7-15/h4-5,8-9H,3,6-7H2,1H3. The monoisotopic (exact) mass is 332 g/mol. The van der Waals surface area contributed by atoms with E-state index in [4.69, 9.17) is 11.3 Å². The van der Waals surface area contributed by atoms with Crippen molar-refractivity contribution in [3.05, 3.63) is 45.8 Å². The van der Waals surface area contributed by atoms with Gasteiger partial charge in [-0.2, -0.15) is 0 Å². The van der Waals surface area contributed by atoms with Crippen LogP contribution in [0.4, 0.5) is 0 Å². The summed E-state index contributed by atoms with van der Waals surface area (Å²) in [6.45, 7) is 9.55. The molecule has 0 amide bonds. The maximum absolute atomic E-state index is 12.2. The first-order valence-electron chi connectivity index (χ1n) is 6.48. The number of esters is 1. The fraction of sp³-hybridized carbons (Fsp3) is 0.333. The molecule has 5 heteroatoms. The van der Waals surface area contributed by atoms with Gasteiger partial charge in [-0.25, -0.2) is 11.4 Å². The largest absolute Gasteiger partial charge is 0.461 e. The first-order valence-corrected chi connectivity index (χ1v) is 7.28. The molecule has 0 bridgehead atoms. The molecule has 1 saturated carbocycles. The summed E-state index contributed by atoms with van der Waals surface area (Å²) in [6.07, 6.45) is 1.56. The lowest BCUT2D eigenvalue weighted by atomic mass is 10.2. The average molecular weight is 333 g/mol. The van der Waals surface area contributed by atoms with E-state index in [9.17, 15) is 4.79 Å². The van der Waals surface area contributed by atoms with E-state index >= 15 is 0 Å². The molecule has 0 unspecified atom stereocenters. The molecule has 0 spiro atoms. The van der Waals surface area contributed by atoms with Crippen LogP contribution in [0.25, 0.3) is 15.7 Å². The number of nitrogens with zero attached hydrogens (tertiary/aromatic N) is 2. The Morgan fingerprint density at radius 1 is 1.50 bits per heavy atom. The summed E-state index contributed by atoms with van der Waals surface area (Å²) in [6, 6.07) is 7.62. The van der Waals surface area contributed by atoms with E-state index in [1.165, 1.54) is 0 Å². The molecule has 1 aliphatic carbocycles. The summed E-state index contributed by atoms with van der Waals surface area (Å²) in [7, 11) is 0. The van der Waals surface area contributed by atoms with Crippen LogP contribution in [-0.4, -0.2) is 17.1 Å². The number of rotatable bonds is 3. The van der Waals surface area contributed by atoms with E-state index < -0.39 is 5.66 Å². The molecule has 0 N–H and O–H groups in total. The van der Waals surface area contributed by atoms with Crippen LogP contribution in [0.5, 0.6) is 0 Å². The molecule has 1 heterocycles. The Labute approximate surface area is 125 Å². The van der Waals surface area contributed by atoms with Crippen molar-refractivity contribution in [3.63, 3.8) is 0 Å². The minimum atomic E-state index is -0.600. The Hall–Kier alpha value is -1.80. The lowest BCUT2D eigenvalue weighted by Gasteiger charge is -2.11. The van der Waals surface area contributed by atoms with Crippen LogP contribution in [0.15, 0.2) is 28.7 Å². The van der Waals surface area contributed by atoms with Gasteiger partial charge in [0.15, 0.2) is 0 Å². The van der Waals surface area contributed by atoms with Crippen LogP contribution in [0.3, 0.4) is 0 Å². The summed E-state index contributed by atoms with van der Waals surface area (Å²) < 4.78 is 7.92. The number of halogens is 1. The van der Waals surface area contributed by atoms with Gasteiger partial charge in [0.2, 0.25) is 0 Å². The quantitative estimate of drug-likeness (QED) is 0.630. The second-order valence-corrected chi connectivity index (χ2v) is 5.80. The van der Waals surface area contributed by atoms with E-state index in [0.717, 1.165) is 28.2 Å². The van der Waals surface area contributed by atoms with Gasteiger partial charge in [0.1, 0.15) is 5.69 Å². The average Bonchev–Trinajstić information content (AvgIpc) is 3.13. The number of hydrogen-bond acceptors (Lipinski definition) is 2. The highest BCUT2D eigenvalue weighted by Crippen LogP contribution is 2.48. The summed E-state index contributed by atoms with van der Waals surface area (Å²) in [5.41, 5.74) is 0.774. The number of ether oxygens (including phenoxy) is 1. The normalized spacial score (nSPS) is 15.8. The molecule has 1 aromatic heterocycles. The first kappa shape index (κ1) is 13.2. The second kappa shape index (κ2) is 4.64. The highest BCUT2D eigenvalue weighted by Gasteiger charge is 2.55. The molecule has 1 aromatic carbocycles. The summed E-state index contributed by atoms with van der Waals surface area (Å²) >= 11 is 3.43. The molecule has 1 fully saturated rings.